The Morgan fingerprint density at radius 3 is 2.44 bits per heavy atom. The molecule has 0 radical (unpaired) electrons. The number of rotatable bonds is 7. The predicted octanol–water partition coefficient (Wildman–Crippen LogP) is 2.91. The zero-order valence-electron chi connectivity index (χ0n) is 21.3. The molecule has 3 heterocycles. The summed E-state index contributed by atoms with van der Waals surface area (Å²) in [5.74, 6) is -0.994. The van der Waals surface area contributed by atoms with E-state index in [1.807, 2.05) is 24.0 Å². The molecule has 0 aliphatic carbocycles. The van der Waals surface area contributed by atoms with Crippen molar-refractivity contribution in [1.82, 2.24) is 14.8 Å². The number of methoxy groups -OCH3 is 1. The maximum absolute atomic E-state index is 13.5. The number of amides is 2. The van der Waals surface area contributed by atoms with Crippen molar-refractivity contribution in [1.29, 1.82) is 0 Å². The van der Waals surface area contributed by atoms with Crippen LogP contribution in [0.5, 0.6) is 5.88 Å². The number of fused-ring (bicyclic) bond motifs is 1. The number of ether oxygens (including phenoxy) is 1. The lowest BCUT2D eigenvalue weighted by Crippen LogP contribution is -2.39. The van der Waals surface area contributed by atoms with Gasteiger partial charge in [0.1, 0.15) is 17.2 Å². The summed E-state index contributed by atoms with van der Waals surface area (Å²) in [7, 11) is 4.87. The van der Waals surface area contributed by atoms with Gasteiger partial charge >= 0.3 is 0 Å². The minimum Gasteiger partial charge on any atom is -0.480 e. The number of benzene rings is 1. The largest absolute Gasteiger partial charge is 0.480 e. The van der Waals surface area contributed by atoms with Gasteiger partial charge in [-0.15, -0.1) is 0 Å². The molecule has 8 nitrogen and oxygen atoms in total. The molecule has 0 spiro atoms. The van der Waals surface area contributed by atoms with Crippen LogP contribution in [0.15, 0.2) is 30.3 Å². The van der Waals surface area contributed by atoms with Crippen LogP contribution < -0.4 is 9.64 Å². The van der Waals surface area contributed by atoms with Crippen LogP contribution in [0.25, 0.3) is 0 Å². The van der Waals surface area contributed by atoms with E-state index in [0.29, 0.717) is 49.0 Å². The molecule has 0 bridgehead atoms. The van der Waals surface area contributed by atoms with Gasteiger partial charge in [-0.3, -0.25) is 14.4 Å². The number of carbonyl (C=O) groups is 3. The minimum atomic E-state index is -0.682. The second-order valence-corrected chi connectivity index (χ2v) is 9.64. The Kier molecular flexibility index (Phi) is 7.56. The fourth-order valence-corrected chi connectivity index (χ4v) is 5.00. The second-order valence-electron chi connectivity index (χ2n) is 9.64. The van der Waals surface area contributed by atoms with Crippen molar-refractivity contribution in [3.05, 3.63) is 52.8 Å². The van der Waals surface area contributed by atoms with Gasteiger partial charge in [-0.05, 0) is 55.9 Å². The fourth-order valence-electron chi connectivity index (χ4n) is 5.00. The maximum Gasteiger partial charge on any atom is 0.290 e. The Hall–Kier alpha value is -3.49. The van der Waals surface area contributed by atoms with E-state index in [1.54, 1.807) is 25.1 Å². The molecule has 36 heavy (non-hydrogen) atoms. The first-order valence-corrected chi connectivity index (χ1v) is 12.4. The Morgan fingerprint density at radius 2 is 1.83 bits per heavy atom. The Morgan fingerprint density at radius 1 is 1.17 bits per heavy atom. The van der Waals surface area contributed by atoms with Gasteiger partial charge in [-0.25, -0.2) is 4.39 Å². The molecular formula is C27H33FN4O4. The summed E-state index contributed by atoms with van der Waals surface area (Å²) in [4.78, 5) is 48.6. The van der Waals surface area contributed by atoms with Gasteiger partial charge < -0.3 is 19.4 Å². The van der Waals surface area contributed by atoms with Crippen LogP contribution in [0.1, 0.15) is 47.2 Å². The van der Waals surface area contributed by atoms with Crippen LogP contribution in [0.3, 0.4) is 0 Å². The number of anilines is 1. The van der Waals surface area contributed by atoms with E-state index < -0.39 is 17.6 Å². The first-order chi connectivity index (χ1) is 17.2. The van der Waals surface area contributed by atoms with Crippen LogP contribution in [-0.2, 0) is 16.0 Å². The zero-order chi connectivity index (χ0) is 26.0. The lowest BCUT2D eigenvalue weighted by molar-refractivity contribution is -0.144. The maximum atomic E-state index is 13.5. The highest BCUT2D eigenvalue weighted by Crippen LogP contribution is 2.38. The summed E-state index contributed by atoms with van der Waals surface area (Å²) in [6.07, 6.45) is 2.53. The molecule has 1 aromatic heterocycles. The quantitative estimate of drug-likeness (QED) is 0.549. The highest BCUT2D eigenvalue weighted by Gasteiger charge is 2.39. The lowest BCUT2D eigenvalue weighted by Gasteiger charge is -2.32. The van der Waals surface area contributed by atoms with Gasteiger partial charge in [0.2, 0.25) is 11.7 Å². The molecule has 2 amide bonds. The number of nitrogens with zero attached hydrogens (tertiary/aromatic N) is 4. The molecule has 0 N–H and O–H groups in total. The minimum absolute atomic E-state index is 0.194. The molecule has 1 fully saturated rings. The number of ketones is 1. The van der Waals surface area contributed by atoms with Crippen molar-refractivity contribution in [2.45, 2.75) is 32.1 Å². The molecule has 9 heteroatoms. The monoisotopic (exact) mass is 496 g/mol. The number of pyridine rings is 1. The Balaban J connectivity index is 1.51. The molecule has 1 unspecified atom stereocenters. The Bertz CT molecular complexity index is 1150. The number of piperidine rings is 1. The summed E-state index contributed by atoms with van der Waals surface area (Å²) in [6.45, 7) is 3.74. The van der Waals surface area contributed by atoms with Gasteiger partial charge in [0.25, 0.3) is 11.8 Å². The lowest BCUT2D eigenvalue weighted by atomic mass is 9.90. The van der Waals surface area contributed by atoms with Crippen LogP contribution in [-0.4, -0.2) is 79.8 Å². The van der Waals surface area contributed by atoms with E-state index in [0.717, 1.165) is 24.8 Å². The first kappa shape index (κ1) is 25.6. The normalized spacial score (nSPS) is 17.6. The standard InChI is InChI=1S/C27H33FN4O4/c1-5-30(2)27(35)23(33)22-16-31(3)24-20(22)15-21(25(29-24)36-4)26(34)32-12-10-18(11-13-32)14-17-6-8-19(28)9-7-17/h6-9,15,18,22H,5,10-14,16H2,1-4H3. The van der Waals surface area contributed by atoms with E-state index >= 15 is 0 Å². The number of likely N-dealkylation sites (N-methyl/N-ethyl adjacent to an activating group) is 2. The van der Waals surface area contributed by atoms with Crippen LogP contribution in [0.4, 0.5) is 10.2 Å². The Labute approximate surface area is 211 Å². The third-order valence-corrected chi connectivity index (χ3v) is 7.30. The topological polar surface area (TPSA) is 83.0 Å². The fraction of sp³-hybridized carbons (Fsp3) is 0.481. The first-order valence-electron chi connectivity index (χ1n) is 12.4. The van der Waals surface area contributed by atoms with Crippen LogP contribution in [0.2, 0.25) is 0 Å². The summed E-state index contributed by atoms with van der Waals surface area (Å²) in [6, 6.07) is 8.26. The van der Waals surface area contributed by atoms with Crippen LogP contribution >= 0.6 is 0 Å². The van der Waals surface area contributed by atoms with Crippen molar-refractivity contribution in [3.63, 3.8) is 0 Å². The molecule has 1 aromatic carbocycles. The summed E-state index contributed by atoms with van der Waals surface area (Å²) >= 11 is 0. The number of Topliss-reactive ketones (excluding diaryl/α,β-unsaturated/α-hetero) is 1. The molecule has 1 atom stereocenters. The highest BCUT2D eigenvalue weighted by atomic mass is 19.1. The highest BCUT2D eigenvalue weighted by molar-refractivity contribution is 6.38. The van der Waals surface area contributed by atoms with E-state index in [9.17, 15) is 18.8 Å². The van der Waals surface area contributed by atoms with E-state index in [4.69, 9.17) is 4.74 Å². The molecular weight excluding hydrogens is 463 g/mol. The van der Waals surface area contributed by atoms with Crippen molar-refractivity contribution >= 4 is 23.4 Å². The van der Waals surface area contributed by atoms with Gasteiger partial charge in [-0.2, -0.15) is 4.98 Å². The third kappa shape index (κ3) is 5.05. The average Bonchev–Trinajstić information content (AvgIpc) is 3.23. The molecule has 4 rings (SSSR count). The molecule has 192 valence electrons. The van der Waals surface area contributed by atoms with Gasteiger partial charge in [0, 0.05) is 45.8 Å². The number of likely N-dealkylation sites (tertiary alicyclic amines) is 1. The van der Waals surface area contributed by atoms with E-state index in [-0.39, 0.29) is 17.6 Å². The summed E-state index contributed by atoms with van der Waals surface area (Å²) < 4.78 is 18.7. The van der Waals surface area contributed by atoms with Crippen molar-refractivity contribution in [2.24, 2.45) is 5.92 Å². The molecule has 1 saturated heterocycles. The predicted molar refractivity (Wildman–Crippen MR) is 134 cm³/mol. The van der Waals surface area contributed by atoms with Gasteiger partial charge in [0.05, 0.1) is 13.0 Å². The summed E-state index contributed by atoms with van der Waals surface area (Å²) in [5, 5.41) is 0. The molecule has 2 aliphatic heterocycles. The number of halogens is 1. The molecule has 2 aliphatic rings. The average molecular weight is 497 g/mol. The van der Waals surface area contributed by atoms with E-state index in [2.05, 4.69) is 4.98 Å². The summed E-state index contributed by atoms with van der Waals surface area (Å²) in [5.41, 5.74) is 1.97. The number of carbonyl (C=O) groups excluding carboxylic acids is 3. The van der Waals surface area contributed by atoms with Gasteiger partial charge in [0.15, 0.2) is 0 Å². The van der Waals surface area contributed by atoms with Crippen LogP contribution in [0, 0.1) is 11.7 Å². The molecule has 0 saturated carbocycles. The number of hydrogen-bond acceptors (Lipinski definition) is 6. The third-order valence-electron chi connectivity index (χ3n) is 7.30. The smallest absolute Gasteiger partial charge is 0.290 e. The van der Waals surface area contributed by atoms with Crippen molar-refractivity contribution < 1.29 is 23.5 Å². The second kappa shape index (κ2) is 10.6. The molecule has 2 aromatic rings. The SMILES string of the molecule is CCN(C)C(=O)C(=O)C1CN(C)c2nc(OC)c(C(=O)N3CCC(Cc4ccc(F)cc4)CC3)cc21. The number of aromatic nitrogens is 1. The van der Waals surface area contributed by atoms with Crippen molar-refractivity contribution in [3.8, 4) is 5.88 Å². The van der Waals surface area contributed by atoms with Gasteiger partial charge in [-0.1, -0.05) is 12.1 Å². The number of hydrogen-bond donors (Lipinski definition) is 0. The zero-order valence-corrected chi connectivity index (χ0v) is 21.3. The van der Waals surface area contributed by atoms with Crippen molar-refractivity contribution in [2.75, 3.05) is 52.3 Å². The van der Waals surface area contributed by atoms with E-state index in [1.165, 1.54) is 24.1 Å².